The molecule has 0 aliphatic rings. The summed E-state index contributed by atoms with van der Waals surface area (Å²) >= 11 is 0. The van der Waals surface area contributed by atoms with Gasteiger partial charge in [0, 0.05) is 10.8 Å². The quantitative estimate of drug-likeness (QED) is 0.662. The highest BCUT2D eigenvalue weighted by atomic mass is 32.2. The minimum Gasteiger partial charge on any atom is -0.323 e. The zero-order valence-electron chi connectivity index (χ0n) is 9.66. The minimum atomic E-state index is -4.44. The maximum atomic E-state index is 12.2. The number of H-pyrrole nitrogens is 1. The van der Waals surface area contributed by atoms with Crippen LogP contribution in [0.25, 0.3) is 0 Å². The fraction of sp³-hybridized carbons (Fsp3) is 0.750. The first-order valence-corrected chi connectivity index (χ1v) is 8.09. The lowest BCUT2D eigenvalue weighted by Crippen LogP contribution is -2.33. The molecule has 0 saturated carbocycles. The second-order valence-electron chi connectivity index (χ2n) is 3.62. The Kier molecular flexibility index (Phi) is 4.60. The molecule has 0 aromatic carbocycles. The third kappa shape index (κ3) is 2.82. The van der Waals surface area contributed by atoms with Crippen LogP contribution in [0.1, 0.15) is 32.5 Å². The number of aromatic amines is 1. The maximum Gasteiger partial charge on any atom is 0.344 e. The average molecular weight is 281 g/mol. The largest absolute Gasteiger partial charge is 0.344 e. The summed E-state index contributed by atoms with van der Waals surface area (Å²) < 4.78 is 22.2. The number of nitrogens with one attached hydrogen (secondary N) is 1. The molecule has 9 heteroatoms. The molecule has 0 bridgehead atoms. The van der Waals surface area contributed by atoms with Gasteiger partial charge >= 0.3 is 7.60 Å². The van der Waals surface area contributed by atoms with Crippen molar-refractivity contribution in [3.63, 3.8) is 0 Å². The monoisotopic (exact) mass is 281 g/mol. The van der Waals surface area contributed by atoms with E-state index in [1.165, 1.54) is 6.33 Å². The van der Waals surface area contributed by atoms with E-state index in [-0.39, 0.29) is 18.6 Å². The molecule has 1 rings (SSSR count). The molecule has 1 heterocycles. The summed E-state index contributed by atoms with van der Waals surface area (Å²) in [6, 6.07) is 0. The molecule has 0 saturated heterocycles. The first kappa shape index (κ1) is 14.5. The molecule has 1 unspecified atom stereocenters. The van der Waals surface area contributed by atoms with Gasteiger partial charge in [0.25, 0.3) is 0 Å². The molecule has 17 heavy (non-hydrogen) atoms. The Morgan fingerprint density at radius 3 is 2.41 bits per heavy atom. The third-order valence-electron chi connectivity index (χ3n) is 2.79. The SMILES string of the molecule is CCC(CC)(S(=O)Cc1ncn[nH]1)P(=O)(O)O. The third-order valence-corrected chi connectivity index (χ3v) is 7.77. The van der Waals surface area contributed by atoms with Crippen LogP contribution >= 0.6 is 7.60 Å². The lowest BCUT2D eigenvalue weighted by atomic mass is 10.2. The Balaban J connectivity index is 3.00. The zero-order valence-corrected chi connectivity index (χ0v) is 11.4. The lowest BCUT2D eigenvalue weighted by molar-refractivity contribution is 0.344. The van der Waals surface area contributed by atoms with Crippen molar-refractivity contribution in [1.29, 1.82) is 0 Å². The first-order valence-electron chi connectivity index (χ1n) is 5.15. The van der Waals surface area contributed by atoms with Crippen molar-refractivity contribution >= 4 is 18.4 Å². The smallest absolute Gasteiger partial charge is 0.323 e. The summed E-state index contributed by atoms with van der Waals surface area (Å²) in [5.74, 6) is 0.329. The zero-order chi connectivity index (χ0) is 13.1. The van der Waals surface area contributed by atoms with E-state index in [2.05, 4.69) is 15.2 Å². The van der Waals surface area contributed by atoms with Gasteiger partial charge in [-0.25, -0.2) is 4.98 Å². The van der Waals surface area contributed by atoms with E-state index >= 15 is 0 Å². The van der Waals surface area contributed by atoms with E-state index in [1.807, 2.05) is 0 Å². The van der Waals surface area contributed by atoms with Gasteiger partial charge in [0.15, 0.2) is 0 Å². The molecule has 0 radical (unpaired) electrons. The topological polar surface area (TPSA) is 116 Å². The lowest BCUT2D eigenvalue weighted by Gasteiger charge is -2.30. The molecule has 3 N–H and O–H groups in total. The molecule has 1 aromatic heterocycles. The van der Waals surface area contributed by atoms with Crippen molar-refractivity contribution < 1.29 is 18.6 Å². The molecule has 98 valence electrons. The van der Waals surface area contributed by atoms with Crippen molar-refractivity contribution in [1.82, 2.24) is 15.2 Å². The second-order valence-corrected chi connectivity index (χ2v) is 7.63. The molecule has 0 amide bonds. The Bertz CT molecular complexity index is 426. The van der Waals surface area contributed by atoms with Crippen LogP contribution in [0.4, 0.5) is 0 Å². The normalized spacial score (nSPS) is 14.8. The number of nitrogens with zero attached hydrogens (tertiary/aromatic N) is 2. The summed E-state index contributed by atoms with van der Waals surface area (Å²) in [5.41, 5.74) is 0. The van der Waals surface area contributed by atoms with Crippen LogP contribution in [0.15, 0.2) is 6.33 Å². The molecule has 0 aliphatic carbocycles. The highest BCUT2D eigenvalue weighted by Crippen LogP contribution is 2.56. The van der Waals surface area contributed by atoms with Crippen LogP contribution in [0.2, 0.25) is 0 Å². The molecule has 1 aromatic rings. The van der Waals surface area contributed by atoms with Gasteiger partial charge in [-0.1, -0.05) is 13.8 Å². The van der Waals surface area contributed by atoms with Gasteiger partial charge in [-0.2, -0.15) is 5.10 Å². The molecule has 7 nitrogen and oxygen atoms in total. The second kappa shape index (κ2) is 5.39. The summed E-state index contributed by atoms with van der Waals surface area (Å²) in [7, 11) is -6.16. The van der Waals surface area contributed by atoms with E-state index in [0.717, 1.165) is 0 Å². The van der Waals surface area contributed by atoms with E-state index in [9.17, 15) is 18.6 Å². The maximum absolute atomic E-state index is 12.2. The van der Waals surface area contributed by atoms with Crippen molar-refractivity contribution in [3.05, 3.63) is 12.2 Å². The summed E-state index contributed by atoms with van der Waals surface area (Å²) in [6.45, 7) is 3.25. The molecule has 0 spiro atoms. The van der Waals surface area contributed by atoms with E-state index in [0.29, 0.717) is 5.82 Å². The van der Waals surface area contributed by atoms with Crippen LogP contribution < -0.4 is 0 Å². The first-order chi connectivity index (χ1) is 7.87. The van der Waals surface area contributed by atoms with Crippen molar-refractivity contribution in [2.75, 3.05) is 0 Å². The standard InChI is InChI=1S/C8H16N3O4PS/c1-3-8(4-2,16(12,13)14)17(15)5-7-9-6-10-11-7/h6H,3-5H2,1-2H3,(H,9,10,11)(H2,12,13,14). The molecule has 0 fully saturated rings. The Morgan fingerprint density at radius 2 is 2.06 bits per heavy atom. The number of hydrogen-bond donors (Lipinski definition) is 3. The van der Waals surface area contributed by atoms with Crippen molar-refractivity contribution in [3.8, 4) is 0 Å². The van der Waals surface area contributed by atoms with Gasteiger partial charge < -0.3 is 9.79 Å². The van der Waals surface area contributed by atoms with Gasteiger partial charge in [-0.05, 0) is 12.8 Å². The number of hydrogen-bond acceptors (Lipinski definition) is 4. The van der Waals surface area contributed by atoms with Crippen molar-refractivity contribution in [2.24, 2.45) is 0 Å². The van der Waals surface area contributed by atoms with E-state index in [1.54, 1.807) is 13.8 Å². The Labute approximate surface area is 102 Å². The van der Waals surface area contributed by atoms with Crippen LogP contribution in [0, 0.1) is 0 Å². The Morgan fingerprint density at radius 1 is 1.47 bits per heavy atom. The van der Waals surface area contributed by atoms with Crippen LogP contribution in [0.3, 0.4) is 0 Å². The van der Waals surface area contributed by atoms with Crippen LogP contribution in [0.5, 0.6) is 0 Å². The summed E-state index contributed by atoms with van der Waals surface area (Å²) in [4.78, 5) is 22.6. The highest BCUT2D eigenvalue weighted by Gasteiger charge is 2.49. The van der Waals surface area contributed by atoms with Crippen molar-refractivity contribution in [2.45, 2.75) is 36.9 Å². The van der Waals surface area contributed by atoms with Crippen LogP contribution in [-0.2, 0) is 21.1 Å². The van der Waals surface area contributed by atoms with Gasteiger partial charge in [-0.15, -0.1) is 0 Å². The van der Waals surface area contributed by atoms with Crippen LogP contribution in [-0.4, -0.2) is 33.7 Å². The molecular formula is C8H16N3O4PS. The number of rotatable bonds is 6. The summed E-state index contributed by atoms with van der Waals surface area (Å²) in [5, 5.41) is 6.14. The van der Waals surface area contributed by atoms with Gasteiger partial charge in [0.1, 0.15) is 16.6 Å². The Hall–Kier alpha value is -0.560. The molecule has 0 aliphatic heterocycles. The van der Waals surface area contributed by atoms with Gasteiger partial charge in [0.2, 0.25) is 0 Å². The fourth-order valence-corrected chi connectivity index (χ4v) is 5.05. The molecular weight excluding hydrogens is 265 g/mol. The average Bonchev–Trinajstić information content (AvgIpc) is 2.71. The number of aromatic nitrogens is 3. The van der Waals surface area contributed by atoms with Gasteiger partial charge in [-0.3, -0.25) is 13.9 Å². The predicted molar refractivity (Wildman–Crippen MR) is 63.6 cm³/mol. The van der Waals surface area contributed by atoms with E-state index < -0.39 is 22.9 Å². The van der Waals surface area contributed by atoms with Gasteiger partial charge in [0.05, 0.1) is 5.75 Å². The predicted octanol–water partition coefficient (Wildman–Crippen LogP) is 0.747. The summed E-state index contributed by atoms with van der Waals surface area (Å²) in [6.07, 6.45) is 1.56. The fourth-order valence-electron chi connectivity index (χ4n) is 1.68. The molecule has 1 atom stereocenters. The van der Waals surface area contributed by atoms with E-state index in [4.69, 9.17) is 0 Å². The minimum absolute atomic E-state index is 0.0349. The highest BCUT2D eigenvalue weighted by molar-refractivity contribution is 7.93.